The fourth-order valence-corrected chi connectivity index (χ4v) is 3.69. The van der Waals surface area contributed by atoms with E-state index in [1.807, 2.05) is 0 Å². The maximum atomic E-state index is 2.37. The number of benzene rings is 1. The number of halogens is 2. The summed E-state index contributed by atoms with van der Waals surface area (Å²) in [7, 11) is 0. The Morgan fingerprint density at radius 3 is 2.38 bits per heavy atom. The second kappa shape index (κ2) is 13.2. The predicted octanol–water partition coefficient (Wildman–Crippen LogP) is 7.65. The van der Waals surface area contributed by atoms with Gasteiger partial charge in [0.1, 0.15) is 0 Å². The van der Waals surface area contributed by atoms with Gasteiger partial charge in [-0.15, -0.1) is 68.5 Å². The molecule has 4 rings (SSSR count). The standard InChI is InChI=1S/C13H19.C10H9.2BrH.Hf/c1-2-3-6-11-9-10-12-7-4-5-8-13(11)12;1-8-6-7-9-4-2-3-5-10(8)9;;;/h9-10H,2-8H2,1H3;2-7H,1H3;2*1H;/q2*-1;;;. The first-order chi connectivity index (χ1) is 11.3. The zero-order valence-corrected chi connectivity index (χ0v) is 22.9. The normalized spacial score (nSPS) is 11.9. The Hall–Kier alpha value is 0.0101. The molecule has 26 heavy (non-hydrogen) atoms. The third-order valence-electron chi connectivity index (χ3n) is 5.08. The molecule has 142 valence electrons. The summed E-state index contributed by atoms with van der Waals surface area (Å²) in [5.41, 5.74) is 6.38. The number of unbranched alkanes of at least 4 members (excludes halogenated alkanes) is 1. The maximum absolute atomic E-state index is 2.37. The van der Waals surface area contributed by atoms with Crippen molar-refractivity contribution in [3.63, 3.8) is 0 Å². The first-order valence-corrected chi connectivity index (χ1v) is 9.17. The van der Waals surface area contributed by atoms with Crippen molar-refractivity contribution in [1.29, 1.82) is 0 Å². The molecule has 0 atom stereocenters. The Labute approximate surface area is 198 Å². The van der Waals surface area contributed by atoms with Crippen molar-refractivity contribution in [3.8, 4) is 0 Å². The molecule has 0 saturated heterocycles. The largest absolute Gasteiger partial charge is 0.210 e. The van der Waals surface area contributed by atoms with Crippen LogP contribution in [0.3, 0.4) is 0 Å². The van der Waals surface area contributed by atoms with Crippen molar-refractivity contribution in [2.24, 2.45) is 0 Å². The summed E-state index contributed by atoms with van der Waals surface area (Å²) in [5, 5.41) is 2.72. The number of hydrogen-bond donors (Lipinski definition) is 0. The Kier molecular flexibility index (Phi) is 13.2. The van der Waals surface area contributed by atoms with Gasteiger partial charge in [-0.1, -0.05) is 64.9 Å². The summed E-state index contributed by atoms with van der Waals surface area (Å²) in [5.74, 6) is 0. The summed E-state index contributed by atoms with van der Waals surface area (Å²) in [6.45, 7) is 4.41. The molecule has 1 aliphatic rings. The van der Waals surface area contributed by atoms with Gasteiger partial charge in [0.2, 0.25) is 0 Å². The minimum Gasteiger partial charge on any atom is -0.210 e. The Balaban J connectivity index is 0.000000441. The molecule has 0 amide bonds. The third kappa shape index (κ3) is 6.56. The molecule has 3 heteroatoms. The van der Waals surface area contributed by atoms with Gasteiger partial charge in [-0.2, -0.15) is 34.9 Å². The quantitative estimate of drug-likeness (QED) is 0.203. The van der Waals surface area contributed by atoms with E-state index in [0.29, 0.717) is 0 Å². The van der Waals surface area contributed by atoms with Crippen molar-refractivity contribution in [1.82, 2.24) is 0 Å². The molecule has 0 heterocycles. The van der Waals surface area contributed by atoms with Crippen LogP contribution in [-0.2, 0) is 45.1 Å². The fraction of sp³-hybridized carbons (Fsp3) is 0.391. The van der Waals surface area contributed by atoms with Crippen LogP contribution in [0.5, 0.6) is 0 Å². The van der Waals surface area contributed by atoms with E-state index in [4.69, 9.17) is 0 Å². The molecular weight excluding hydrogens is 615 g/mol. The van der Waals surface area contributed by atoms with Gasteiger partial charge in [0.25, 0.3) is 0 Å². The molecule has 0 radical (unpaired) electrons. The monoisotopic (exact) mass is 644 g/mol. The smallest absolute Gasteiger partial charge is 0 e. The van der Waals surface area contributed by atoms with Gasteiger partial charge in [-0.3, -0.25) is 0 Å². The van der Waals surface area contributed by atoms with Crippen LogP contribution in [0.1, 0.15) is 54.9 Å². The molecule has 3 aromatic rings. The Morgan fingerprint density at radius 2 is 1.65 bits per heavy atom. The van der Waals surface area contributed by atoms with Crippen LogP contribution >= 0.6 is 34.0 Å². The number of fused-ring (bicyclic) bond motifs is 2. The van der Waals surface area contributed by atoms with E-state index in [2.05, 4.69) is 62.4 Å². The van der Waals surface area contributed by atoms with Crippen LogP contribution in [0.25, 0.3) is 10.8 Å². The second-order valence-corrected chi connectivity index (χ2v) is 6.78. The molecule has 0 fully saturated rings. The van der Waals surface area contributed by atoms with Crippen molar-refractivity contribution in [2.45, 2.75) is 58.8 Å². The SMILES string of the molecule is Br.Br.CCCC[c-]1ccc2c1CCCC2.C[c-]1ccc2ccccc21.[Hf]. The van der Waals surface area contributed by atoms with Gasteiger partial charge < -0.3 is 0 Å². The fourth-order valence-electron chi connectivity index (χ4n) is 3.69. The van der Waals surface area contributed by atoms with Gasteiger partial charge in [0.05, 0.1) is 0 Å². The summed E-state index contributed by atoms with van der Waals surface area (Å²) in [6, 6.07) is 17.5. The molecule has 0 nitrogen and oxygen atoms in total. The van der Waals surface area contributed by atoms with E-state index in [-0.39, 0.29) is 59.8 Å². The molecular formula is C23H30Br2Hf-2. The molecule has 0 spiro atoms. The van der Waals surface area contributed by atoms with E-state index in [1.165, 1.54) is 61.3 Å². The Morgan fingerprint density at radius 1 is 0.923 bits per heavy atom. The van der Waals surface area contributed by atoms with Gasteiger partial charge in [0.15, 0.2) is 0 Å². The molecule has 0 aromatic heterocycles. The van der Waals surface area contributed by atoms with Crippen LogP contribution in [0.15, 0.2) is 48.5 Å². The first-order valence-electron chi connectivity index (χ1n) is 9.17. The number of aryl methyl sites for hydroxylation is 3. The van der Waals surface area contributed by atoms with Gasteiger partial charge >= 0.3 is 0 Å². The topological polar surface area (TPSA) is 0 Å². The second-order valence-electron chi connectivity index (χ2n) is 6.78. The van der Waals surface area contributed by atoms with Gasteiger partial charge in [-0.05, 0) is 0 Å². The summed E-state index contributed by atoms with van der Waals surface area (Å²) >= 11 is 0. The average molecular weight is 645 g/mol. The minimum absolute atomic E-state index is 0. The Bertz CT molecular complexity index is 755. The number of hydrogen-bond acceptors (Lipinski definition) is 0. The van der Waals surface area contributed by atoms with E-state index in [1.54, 1.807) is 16.7 Å². The van der Waals surface area contributed by atoms with E-state index in [0.717, 1.165) is 0 Å². The van der Waals surface area contributed by atoms with Crippen molar-refractivity contribution >= 4 is 44.7 Å². The molecule has 0 unspecified atom stereocenters. The van der Waals surface area contributed by atoms with Crippen LogP contribution in [-0.4, -0.2) is 0 Å². The van der Waals surface area contributed by atoms with Crippen LogP contribution in [0.4, 0.5) is 0 Å². The molecule has 0 saturated carbocycles. The molecule has 1 aliphatic carbocycles. The zero-order chi connectivity index (χ0) is 16.1. The first kappa shape index (κ1) is 26.0. The van der Waals surface area contributed by atoms with E-state index >= 15 is 0 Å². The minimum atomic E-state index is 0. The van der Waals surface area contributed by atoms with Crippen molar-refractivity contribution in [3.05, 3.63) is 70.8 Å². The molecule has 3 aromatic carbocycles. The predicted molar refractivity (Wildman–Crippen MR) is 122 cm³/mol. The molecule has 0 aliphatic heterocycles. The molecule has 0 N–H and O–H groups in total. The van der Waals surface area contributed by atoms with Gasteiger partial charge in [-0.25, -0.2) is 6.07 Å². The third-order valence-corrected chi connectivity index (χ3v) is 5.08. The van der Waals surface area contributed by atoms with Crippen molar-refractivity contribution in [2.75, 3.05) is 0 Å². The zero-order valence-electron chi connectivity index (χ0n) is 15.9. The van der Waals surface area contributed by atoms with E-state index in [9.17, 15) is 0 Å². The average Bonchev–Trinajstić information content (AvgIpc) is 3.18. The van der Waals surface area contributed by atoms with Crippen LogP contribution in [0, 0.1) is 6.92 Å². The molecule has 0 bridgehead atoms. The van der Waals surface area contributed by atoms with Gasteiger partial charge in [0, 0.05) is 25.8 Å². The number of rotatable bonds is 3. The van der Waals surface area contributed by atoms with Crippen molar-refractivity contribution < 1.29 is 25.8 Å². The van der Waals surface area contributed by atoms with Crippen LogP contribution < -0.4 is 0 Å². The van der Waals surface area contributed by atoms with E-state index < -0.39 is 0 Å². The summed E-state index contributed by atoms with van der Waals surface area (Å²) < 4.78 is 0. The van der Waals surface area contributed by atoms with Crippen LogP contribution in [0.2, 0.25) is 0 Å². The maximum Gasteiger partial charge on any atom is 0 e. The summed E-state index contributed by atoms with van der Waals surface area (Å²) in [6.07, 6.45) is 9.49. The summed E-state index contributed by atoms with van der Waals surface area (Å²) in [4.78, 5) is 0.